The highest BCUT2D eigenvalue weighted by molar-refractivity contribution is 7.92. The number of ether oxygens (including phenoxy) is 2. The summed E-state index contributed by atoms with van der Waals surface area (Å²) >= 11 is 0. The van der Waals surface area contributed by atoms with Gasteiger partial charge >= 0.3 is 0 Å². The molecule has 1 amide bonds. The molecule has 0 spiro atoms. The standard InChI is InChI=1S/C27H34N4O5S/c1-17-8-9-18(12-24(17)36-21-10-11-29-20(15-21)16-28-5)26(32)30-22-13-19(27(2,3)4)14-23(25(22)35-6)31-37(7,33)34/h8-15,28,31H,16H2,1-7H3,(H,30,32). The molecule has 1 aromatic heterocycles. The van der Waals surface area contributed by atoms with Crippen LogP contribution in [0.4, 0.5) is 11.4 Å². The normalized spacial score (nSPS) is 11.6. The smallest absolute Gasteiger partial charge is 0.255 e. The van der Waals surface area contributed by atoms with E-state index in [2.05, 4.69) is 20.3 Å². The molecular formula is C27H34N4O5S. The van der Waals surface area contributed by atoms with Crippen molar-refractivity contribution in [3.05, 3.63) is 71.0 Å². The Morgan fingerprint density at radius 2 is 1.76 bits per heavy atom. The van der Waals surface area contributed by atoms with Crippen molar-refractivity contribution < 1.29 is 22.7 Å². The number of sulfonamides is 1. The summed E-state index contributed by atoms with van der Waals surface area (Å²) in [5, 5.41) is 5.93. The van der Waals surface area contributed by atoms with E-state index in [0.29, 0.717) is 29.3 Å². The highest BCUT2D eigenvalue weighted by Crippen LogP contribution is 2.39. The molecule has 0 fully saturated rings. The molecule has 0 aliphatic carbocycles. The summed E-state index contributed by atoms with van der Waals surface area (Å²) in [6, 6.07) is 12.3. The van der Waals surface area contributed by atoms with Crippen molar-refractivity contribution in [3.8, 4) is 17.2 Å². The van der Waals surface area contributed by atoms with E-state index in [-0.39, 0.29) is 16.9 Å². The first-order valence-electron chi connectivity index (χ1n) is 11.7. The van der Waals surface area contributed by atoms with Gasteiger partial charge in [0.15, 0.2) is 5.75 Å². The molecule has 0 saturated heterocycles. The zero-order valence-electron chi connectivity index (χ0n) is 22.2. The van der Waals surface area contributed by atoms with Crippen LogP contribution in [0.25, 0.3) is 0 Å². The van der Waals surface area contributed by atoms with Crippen molar-refractivity contribution >= 4 is 27.3 Å². The van der Waals surface area contributed by atoms with E-state index >= 15 is 0 Å². The topological polar surface area (TPSA) is 119 Å². The van der Waals surface area contributed by atoms with E-state index in [9.17, 15) is 13.2 Å². The lowest BCUT2D eigenvalue weighted by Crippen LogP contribution is -2.18. The number of carbonyl (C=O) groups is 1. The van der Waals surface area contributed by atoms with Crippen LogP contribution in [0.3, 0.4) is 0 Å². The number of benzene rings is 2. The van der Waals surface area contributed by atoms with Gasteiger partial charge in [0.05, 0.1) is 30.4 Å². The number of hydrogen-bond donors (Lipinski definition) is 3. The SMILES string of the molecule is CNCc1cc(Oc2cc(C(=O)Nc3cc(C(C)(C)C)cc(NS(C)(=O)=O)c3OC)ccc2C)ccn1. The molecule has 2 aromatic carbocycles. The van der Waals surface area contributed by atoms with E-state index in [1.807, 2.05) is 40.8 Å². The summed E-state index contributed by atoms with van der Waals surface area (Å²) in [4.78, 5) is 17.6. The van der Waals surface area contributed by atoms with Gasteiger partial charge in [-0.05, 0) is 60.8 Å². The third kappa shape index (κ3) is 7.43. The molecule has 198 valence electrons. The second-order valence-electron chi connectivity index (χ2n) is 9.78. The lowest BCUT2D eigenvalue weighted by Gasteiger charge is -2.24. The number of nitrogens with one attached hydrogen (secondary N) is 3. The third-order valence-corrected chi connectivity index (χ3v) is 6.12. The second-order valence-corrected chi connectivity index (χ2v) is 11.5. The molecule has 37 heavy (non-hydrogen) atoms. The van der Waals surface area contributed by atoms with Crippen LogP contribution in [0.5, 0.6) is 17.2 Å². The molecule has 0 saturated carbocycles. The van der Waals surface area contributed by atoms with Crippen molar-refractivity contribution in [1.29, 1.82) is 0 Å². The number of pyridine rings is 1. The van der Waals surface area contributed by atoms with Crippen LogP contribution < -0.4 is 24.8 Å². The van der Waals surface area contributed by atoms with Gasteiger partial charge in [-0.15, -0.1) is 0 Å². The van der Waals surface area contributed by atoms with E-state index in [4.69, 9.17) is 9.47 Å². The van der Waals surface area contributed by atoms with Crippen LogP contribution in [-0.2, 0) is 22.0 Å². The Kier molecular flexibility index (Phi) is 8.45. The Morgan fingerprint density at radius 3 is 2.38 bits per heavy atom. The lowest BCUT2D eigenvalue weighted by molar-refractivity contribution is 0.102. The summed E-state index contributed by atoms with van der Waals surface area (Å²) in [5.41, 5.74) is 3.15. The van der Waals surface area contributed by atoms with Crippen LogP contribution in [-0.4, -0.2) is 39.7 Å². The fraction of sp³-hybridized carbons (Fsp3) is 0.333. The first kappa shape index (κ1) is 27.9. The molecule has 0 unspecified atom stereocenters. The number of hydrogen-bond acceptors (Lipinski definition) is 7. The molecule has 3 N–H and O–H groups in total. The second kappa shape index (κ2) is 11.2. The van der Waals surface area contributed by atoms with Crippen LogP contribution in [0.1, 0.15) is 48.0 Å². The average Bonchev–Trinajstić information content (AvgIpc) is 2.79. The van der Waals surface area contributed by atoms with Crippen molar-refractivity contribution in [2.24, 2.45) is 0 Å². The number of methoxy groups -OCH3 is 1. The molecule has 3 aromatic rings. The monoisotopic (exact) mass is 526 g/mol. The molecular weight excluding hydrogens is 492 g/mol. The van der Waals surface area contributed by atoms with Gasteiger partial charge in [0.25, 0.3) is 5.91 Å². The largest absolute Gasteiger partial charge is 0.492 e. The summed E-state index contributed by atoms with van der Waals surface area (Å²) < 4.78 is 38.0. The fourth-order valence-corrected chi connectivity index (χ4v) is 4.17. The Balaban J connectivity index is 1.96. The highest BCUT2D eigenvalue weighted by atomic mass is 32.2. The molecule has 0 bridgehead atoms. The Labute approximate surface area is 218 Å². The van der Waals surface area contributed by atoms with Gasteiger partial charge in [-0.1, -0.05) is 26.8 Å². The molecule has 0 radical (unpaired) electrons. The predicted octanol–water partition coefficient (Wildman–Crippen LogP) is 4.83. The summed E-state index contributed by atoms with van der Waals surface area (Å²) in [5.74, 6) is 0.954. The quantitative estimate of drug-likeness (QED) is 0.365. The molecule has 1 heterocycles. The number of rotatable bonds is 9. The molecule has 0 atom stereocenters. The first-order valence-corrected chi connectivity index (χ1v) is 13.6. The average molecular weight is 527 g/mol. The molecule has 10 heteroatoms. The minimum atomic E-state index is -3.58. The van der Waals surface area contributed by atoms with Crippen LogP contribution >= 0.6 is 0 Å². The fourth-order valence-electron chi connectivity index (χ4n) is 3.62. The van der Waals surface area contributed by atoms with Crippen molar-refractivity contribution in [2.45, 2.75) is 39.7 Å². The number of aryl methyl sites for hydroxylation is 1. The first-order chi connectivity index (χ1) is 17.3. The van der Waals surface area contributed by atoms with Gasteiger partial charge in [-0.3, -0.25) is 14.5 Å². The maximum Gasteiger partial charge on any atom is 0.255 e. The van der Waals surface area contributed by atoms with E-state index in [0.717, 1.165) is 23.1 Å². The van der Waals surface area contributed by atoms with E-state index < -0.39 is 15.9 Å². The maximum atomic E-state index is 13.3. The molecule has 0 aliphatic rings. The summed E-state index contributed by atoms with van der Waals surface area (Å²) in [6.45, 7) is 8.48. The van der Waals surface area contributed by atoms with Crippen molar-refractivity contribution in [2.75, 3.05) is 30.5 Å². The summed E-state index contributed by atoms with van der Waals surface area (Å²) in [6.07, 6.45) is 2.73. The van der Waals surface area contributed by atoms with E-state index in [1.165, 1.54) is 7.11 Å². The third-order valence-electron chi connectivity index (χ3n) is 5.53. The van der Waals surface area contributed by atoms with Crippen molar-refractivity contribution in [3.63, 3.8) is 0 Å². The minimum absolute atomic E-state index is 0.212. The number of nitrogens with zero attached hydrogens (tertiary/aromatic N) is 1. The minimum Gasteiger partial charge on any atom is -0.492 e. The maximum absolute atomic E-state index is 13.3. The zero-order chi connectivity index (χ0) is 27.4. The van der Waals surface area contributed by atoms with Gasteiger partial charge in [-0.25, -0.2) is 8.42 Å². The van der Waals surface area contributed by atoms with Crippen LogP contribution in [0, 0.1) is 6.92 Å². The van der Waals surface area contributed by atoms with Crippen LogP contribution in [0.2, 0.25) is 0 Å². The number of amides is 1. The van der Waals surface area contributed by atoms with Crippen molar-refractivity contribution in [1.82, 2.24) is 10.3 Å². The van der Waals surface area contributed by atoms with Gasteiger partial charge in [-0.2, -0.15) is 0 Å². The molecule has 9 nitrogen and oxygen atoms in total. The predicted molar refractivity (Wildman–Crippen MR) is 146 cm³/mol. The lowest BCUT2D eigenvalue weighted by atomic mass is 9.86. The zero-order valence-corrected chi connectivity index (χ0v) is 23.0. The van der Waals surface area contributed by atoms with Gasteiger partial charge in [0.1, 0.15) is 11.5 Å². The Hall–Kier alpha value is -3.63. The highest BCUT2D eigenvalue weighted by Gasteiger charge is 2.22. The number of anilines is 2. The molecule has 0 aliphatic heterocycles. The van der Waals surface area contributed by atoms with E-state index in [1.54, 1.807) is 42.6 Å². The van der Waals surface area contributed by atoms with Crippen LogP contribution in [0.15, 0.2) is 48.7 Å². The Bertz CT molecular complexity index is 1400. The number of carbonyl (C=O) groups excluding carboxylic acids is 1. The number of aromatic nitrogens is 1. The summed E-state index contributed by atoms with van der Waals surface area (Å²) in [7, 11) is -0.322. The van der Waals surface area contributed by atoms with Gasteiger partial charge in [0, 0.05) is 24.4 Å². The van der Waals surface area contributed by atoms with Gasteiger partial charge in [0.2, 0.25) is 10.0 Å². The Morgan fingerprint density at radius 1 is 1.05 bits per heavy atom. The van der Waals surface area contributed by atoms with Gasteiger partial charge < -0.3 is 20.1 Å². The molecule has 3 rings (SSSR count).